The predicted molar refractivity (Wildman–Crippen MR) is 76.6 cm³/mol. The molecule has 20 heavy (non-hydrogen) atoms. The first kappa shape index (κ1) is 13.2. The zero-order valence-corrected chi connectivity index (χ0v) is 12.0. The van der Waals surface area contributed by atoms with Crippen molar-refractivity contribution >= 4 is 5.82 Å². The molecule has 0 radical (unpaired) electrons. The van der Waals surface area contributed by atoms with E-state index in [4.69, 9.17) is 4.74 Å². The molecule has 1 N–H and O–H groups in total. The van der Waals surface area contributed by atoms with Gasteiger partial charge in [0.1, 0.15) is 5.82 Å². The van der Waals surface area contributed by atoms with E-state index in [1.54, 1.807) is 0 Å². The van der Waals surface area contributed by atoms with Crippen LogP contribution in [-0.4, -0.2) is 32.8 Å². The lowest BCUT2D eigenvalue weighted by atomic mass is 10.1. The molecule has 6 heteroatoms. The van der Waals surface area contributed by atoms with E-state index in [1.165, 1.54) is 0 Å². The number of hydrogen-bond acceptors (Lipinski definition) is 4. The van der Waals surface area contributed by atoms with Crippen molar-refractivity contribution in [3.05, 3.63) is 29.7 Å². The molecule has 0 spiro atoms. The SMILES string of the molecule is Cc1cc(CNc2ccn(C3CCOCC3)n2)n(C)n1. The number of hydrogen-bond donors (Lipinski definition) is 1. The zero-order valence-electron chi connectivity index (χ0n) is 12.0. The summed E-state index contributed by atoms with van der Waals surface area (Å²) in [5.74, 6) is 0.912. The first-order chi connectivity index (χ1) is 9.72. The van der Waals surface area contributed by atoms with Crippen molar-refractivity contribution in [2.24, 2.45) is 7.05 Å². The monoisotopic (exact) mass is 275 g/mol. The summed E-state index contributed by atoms with van der Waals surface area (Å²) >= 11 is 0. The Labute approximate surface area is 118 Å². The molecule has 3 heterocycles. The molecule has 0 saturated carbocycles. The van der Waals surface area contributed by atoms with Crippen LogP contribution in [0.15, 0.2) is 18.3 Å². The van der Waals surface area contributed by atoms with Gasteiger partial charge in [-0.2, -0.15) is 10.2 Å². The Balaban J connectivity index is 1.61. The molecular formula is C14H21N5O. The summed E-state index contributed by atoms with van der Waals surface area (Å²) in [4.78, 5) is 0. The lowest BCUT2D eigenvalue weighted by Gasteiger charge is -2.22. The third-order valence-electron chi connectivity index (χ3n) is 3.72. The summed E-state index contributed by atoms with van der Waals surface area (Å²) in [5.41, 5.74) is 2.19. The predicted octanol–water partition coefficient (Wildman–Crippen LogP) is 1.89. The van der Waals surface area contributed by atoms with E-state index in [9.17, 15) is 0 Å². The number of rotatable bonds is 4. The topological polar surface area (TPSA) is 56.9 Å². The lowest BCUT2D eigenvalue weighted by Crippen LogP contribution is -2.20. The van der Waals surface area contributed by atoms with Gasteiger partial charge in [-0.25, -0.2) is 0 Å². The van der Waals surface area contributed by atoms with Crippen molar-refractivity contribution in [2.45, 2.75) is 32.4 Å². The van der Waals surface area contributed by atoms with Crippen molar-refractivity contribution in [1.82, 2.24) is 19.6 Å². The Bertz CT molecular complexity index is 568. The molecule has 0 unspecified atom stereocenters. The molecule has 0 bridgehead atoms. The van der Waals surface area contributed by atoms with Gasteiger partial charge >= 0.3 is 0 Å². The van der Waals surface area contributed by atoms with Gasteiger partial charge in [-0.05, 0) is 25.8 Å². The fourth-order valence-corrected chi connectivity index (χ4v) is 2.60. The van der Waals surface area contributed by atoms with E-state index in [0.29, 0.717) is 6.04 Å². The lowest BCUT2D eigenvalue weighted by molar-refractivity contribution is 0.0663. The second kappa shape index (κ2) is 5.66. The second-order valence-corrected chi connectivity index (χ2v) is 5.28. The van der Waals surface area contributed by atoms with Crippen molar-refractivity contribution in [1.29, 1.82) is 0 Å². The molecule has 0 aromatic carbocycles. The van der Waals surface area contributed by atoms with Crippen LogP contribution in [0.4, 0.5) is 5.82 Å². The molecular weight excluding hydrogens is 254 g/mol. The van der Waals surface area contributed by atoms with Gasteiger partial charge in [0, 0.05) is 32.5 Å². The smallest absolute Gasteiger partial charge is 0.148 e. The van der Waals surface area contributed by atoms with Crippen LogP contribution in [0, 0.1) is 6.92 Å². The fourth-order valence-electron chi connectivity index (χ4n) is 2.60. The van der Waals surface area contributed by atoms with Crippen molar-refractivity contribution in [3.63, 3.8) is 0 Å². The molecule has 1 fully saturated rings. The third-order valence-corrected chi connectivity index (χ3v) is 3.72. The second-order valence-electron chi connectivity index (χ2n) is 5.28. The maximum Gasteiger partial charge on any atom is 0.148 e. The molecule has 3 rings (SSSR count). The molecule has 108 valence electrons. The Morgan fingerprint density at radius 3 is 2.85 bits per heavy atom. The fraction of sp³-hybridized carbons (Fsp3) is 0.571. The number of aromatic nitrogens is 4. The zero-order chi connectivity index (χ0) is 13.9. The van der Waals surface area contributed by atoms with Crippen molar-refractivity contribution < 1.29 is 4.74 Å². The van der Waals surface area contributed by atoms with Crippen LogP contribution >= 0.6 is 0 Å². The minimum atomic E-state index is 0.471. The number of ether oxygens (including phenoxy) is 1. The van der Waals surface area contributed by atoms with Crippen LogP contribution in [0.3, 0.4) is 0 Å². The Kier molecular flexibility index (Phi) is 3.73. The molecule has 0 atom stereocenters. The van der Waals surface area contributed by atoms with Crippen LogP contribution in [-0.2, 0) is 18.3 Å². The minimum Gasteiger partial charge on any atom is -0.381 e. The molecule has 2 aromatic heterocycles. The van der Waals surface area contributed by atoms with Crippen LogP contribution in [0.25, 0.3) is 0 Å². The van der Waals surface area contributed by atoms with Crippen molar-refractivity contribution in [2.75, 3.05) is 18.5 Å². The van der Waals surface area contributed by atoms with E-state index in [2.05, 4.69) is 26.3 Å². The van der Waals surface area contributed by atoms with Crippen molar-refractivity contribution in [3.8, 4) is 0 Å². The molecule has 0 amide bonds. The normalized spacial score (nSPS) is 16.5. The van der Waals surface area contributed by atoms with Crippen LogP contribution in [0.1, 0.15) is 30.3 Å². The summed E-state index contributed by atoms with van der Waals surface area (Å²) in [6, 6.07) is 4.58. The standard InChI is InChI=1S/C14H21N5O/c1-11-9-13(18(2)16-11)10-15-14-3-6-19(17-14)12-4-7-20-8-5-12/h3,6,9,12H,4-5,7-8,10H2,1-2H3,(H,15,17). The van der Waals surface area contributed by atoms with E-state index in [0.717, 1.165) is 49.8 Å². The molecule has 2 aromatic rings. The maximum atomic E-state index is 5.38. The summed E-state index contributed by atoms with van der Waals surface area (Å²) in [6.07, 6.45) is 4.14. The van der Waals surface area contributed by atoms with Gasteiger partial charge in [-0.1, -0.05) is 0 Å². The Hall–Kier alpha value is -1.82. The van der Waals surface area contributed by atoms with Gasteiger partial charge in [-0.3, -0.25) is 9.36 Å². The maximum absolute atomic E-state index is 5.38. The van der Waals surface area contributed by atoms with Gasteiger partial charge < -0.3 is 10.1 Å². The summed E-state index contributed by atoms with van der Waals surface area (Å²) in [6.45, 7) is 4.41. The van der Waals surface area contributed by atoms with Gasteiger partial charge in [0.2, 0.25) is 0 Å². The number of anilines is 1. The molecule has 0 aliphatic carbocycles. The first-order valence-electron chi connectivity index (χ1n) is 7.08. The highest BCUT2D eigenvalue weighted by Crippen LogP contribution is 2.21. The third kappa shape index (κ3) is 2.85. The average molecular weight is 275 g/mol. The Morgan fingerprint density at radius 1 is 1.35 bits per heavy atom. The highest BCUT2D eigenvalue weighted by molar-refractivity contribution is 5.33. The highest BCUT2D eigenvalue weighted by Gasteiger charge is 2.16. The van der Waals surface area contributed by atoms with E-state index >= 15 is 0 Å². The highest BCUT2D eigenvalue weighted by atomic mass is 16.5. The quantitative estimate of drug-likeness (QED) is 0.925. The van der Waals surface area contributed by atoms with E-state index in [1.807, 2.05) is 30.9 Å². The molecule has 6 nitrogen and oxygen atoms in total. The molecule has 1 aliphatic heterocycles. The summed E-state index contributed by atoms with van der Waals surface area (Å²) in [5, 5.41) is 12.3. The number of nitrogens with zero attached hydrogens (tertiary/aromatic N) is 4. The van der Waals surface area contributed by atoms with Gasteiger partial charge in [0.25, 0.3) is 0 Å². The minimum absolute atomic E-state index is 0.471. The molecule has 1 aliphatic rings. The van der Waals surface area contributed by atoms with Crippen LogP contribution in [0.2, 0.25) is 0 Å². The summed E-state index contributed by atoms with van der Waals surface area (Å²) < 4.78 is 9.34. The van der Waals surface area contributed by atoms with Gasteiger partial charge in [0.15, 0.2) is 0 Å². The first-order valence-corrected chi connectivity index (χ1v) is 7.08. The van der Waals surface area contributed by atoms with E-state index < -0.39 is 0 Å². The van der Waals surface area contributed by atoms with Gasteiger partial charge in [0.05, 0.1) is 24.0 Å². The molecule has 1 saturated heterocycles. The largest absolute Gasteiger partial charge is 0.381 e. The average Bonchev–Trinajstić information content (AvgIpc) is 3.04. The van der Waals surface area contributed by atoms with E-state index in [-0.39, 0.29) is 0 Å². The van der Waals surface area contributed by atoms with Crippen LogP contribution in [0.5, 0.6) is 0 Å². The number of aryl methyl sites for hydroxylation is 2. The Morgan fingerprint density at radius 2 is 2.15 bits per heavy atom. The number of nitrogens with one attached hydrogen (secondary N) is 1. The summed E-state index contributed by atoms with van der Waals surface area (Å²) in [7, 11) is 1.96. The van der Waals surface area contributed by atoms with Crippen LogP contribution < -0.4 is 5.32 Å². The van der Waals surface area contributed by atoms with Gasteiger partial charge in [-0.15, -0.1) is 0 Å².